The zero-order valence-electron chi connectivity index (χ0n) is 10.5. The Bertz CT molecular complexity index is 574. The van der Waals surface area contributed by atoms with E-state index in [2.05, 4.69) is 15.9 Å². The molecule has 2 rings (SSSR count). The van der Waals surface area contributed by atoms with Crippen LogP contribution < -0.4 is 4.90 Å². The van der Waals surface area contributed by atoms with Gasteiger partial charge in [-0.15, -0.1) is 11.6 Å². The molecular weight excluding hydrogens is 329 g/mol. The molecule has 0 aliphatic rings. The molecule has 0 aromatic heterocycles. The smallest absolute Gasteiger partial charge is 0.146 e. The minimum Gasteiger partial charge on any atom is -0.368 e. The second-order valence-electron chi connectivity index (χ2n) is 4.37. The number of hydrogen-bond donors (Lipinski definition) is 0. The second-order valence-corrected chi connectivity index (χ2v) is 5.55. The van der Waals surface area contributed by atoms with Gasteiger partial charge in [-0.3, -0.25) is 0 Å². The van der Waals surface area contributed by atoms with Gasteiger partial charge in [0.15, 0.2) is 0 Å². The molecule has 0 saturated carbocycles. The number of halogens is 3. The third-order valence-electron chi connectivity index (χ3n) is 2.90. The Morgan fingerprint density at radius 3 is 2.63 bits per heavy atom. The Morgan fingerprint density at radius 2 is 1.95 bits per heavy atom. The van der Waals surface area contributed by atoms with Crippen molar-refractivity contribution < 1.29 is 4.39 Å². The van der Waals surface area contributed by atoms with Gasteiger partial charge in [0.05, 0.1) is 5.69 Å². The summed E-state index contributed by atoms with van der Waals surface area (Å²) in [6, 6.07) is 13.0. The maximum absolute atomic E-state index is 14.0. The minimum absolute atomic E-state index is 0.240. The molecule has 0 aliphatic carbocycles. The molecule has 0 bridgehead atoms. The van der Waals surface area contributed by atoms with Gasteiger partial charge in [-0.25, -0.2) is 4.39 Å². The monoisotopic (exact) mass is 341 g/mol. The van der Waals surface area contributed by atoms with Gasteiger partial charge in [-0.1, -0.05) is 40.2 Å². The van der Waals surface area contributed by atoms with Crippen molar-refractivity contribution in [3.05, 3.63) is 63.9 Å². The van der Waals surface area contributed by atoms with Gasteiger partial charge in [0.1, 0.15) is 5.82 Å². The maximum atomic E-state index is 14.0. The first-order valence-corrected chi connectivity index (χ1v) is 7.23. The summed E-state index contributed by atoms with van der Waals surface area (Å²) in [5, 5.41) is 0. The van der Waals surface area contributed by atoms with Crippen molar-refractivity contribution in [2.75, 3.05) is 11.9 Å². The van der Waals surface area contributed by atoms with E-state index in [1.807, 2.05) is 42.3 Å². The largest absolute Gasteiger partial charge is 0.368 e. The van der Waals surface area contributed by atoms with Crippen molar-refractivity contribution in [1.29, 1.82) is 0 Å². The zero-order chi connectivity index (χ0) is 13.8. The van der Waals surface area contributed by atoms with Crippen LogP contribution in [0, 0.1) is 5.82 Å². The van der Waals surface area contributed by atoms with E-state index in [0.29, 0.717) is 18.1 Å². The van der Waals surface area contributed by atoms with Crippen LogP contribution >= 0.6 is 27.5 Å². The number of rotatable bonds is 4. The highest BCUT2D eigenvalue weighted by atomic mass is 79.9. The topological polar surface area (TPSA) is 3.24 Å². The maximum Gasteiger partial charge on any atom is 0.146 e. The third-order valence-corrected chi connectivity index (χ3v) is 3.69. The van der Waals surface area contributed by atoms with Crippen molar-refractivity contribution >= 4 is 33.2 Å². The summed E-state index contributed by atoms with van der Waals surface area (Å²) in [5.41, 5.74) is 2.48. The third kappa shape index (κ3) is 3.48. The van der Waals surface area contributed by atoms with Crippen LogP contribution in [-0.4, -0.2) is 7.05 Å². The highest BCUT2D eigenvalue weighted by Crippen LogP contribution is 2.26. The van der Waals surface area contributed by atoms with Crippen LogP contribution in [0.1, 0.15) is 11.1 Å². The average Bonchev–Trinajstić information content (AvgIpc) is 2.38. The fourth-order valence-electron chi connectivity index (χ4n) is 2.08. The molecule has 0 N–H and O–H groups in total. The average molecular weight is 343 g/mol. The number of benzene rings is 2. The molecule has 1 nitrogen and oxygen atoms in total. The van der Waals surface area contributed by atoms with E-state index in [0.717, 1.165) is 15.6 Å². The lowest BCUT2D eigenvalue weighted by Crippen LogP contribution is -2.19. The first-order valence-electron chi connectivity index (χ1n) is 5.90. The molecule has 0 saturated heterocycles. The summed E-state index contributed by atoms with van der Waals surface area (Å²) in [6.45, 7) is 0.629. The van der Waals surface area contributed by atoms with Crippen molar-refractivity contribution in [3.63, 3.8) is 0 Å². The summed E-state index contributed by atoms with van der Waals surface area (Å²) in [5.74, 6) is 0.0614. The van der Waals surface area contributed by atoms with Gasteiger partial charge >= 0.3 is 0 Å². The van der Waals surface area contributed by atoms with Crippen LogP contribution in [0.4, 0.5) is 10.1 Å². The van der Waals surface area contributed by atoms with Crippen LogP contribution in [0.15, 0.2) is 46.9 Å². The highest BCUT2D eigenvalue weighted by molar-refractivity contribution is 9.10. The molecule has 0 radical (unpaired) electrons. The normalized spacial score (nSPS) is 10.5. The predicted octanol–water partition coefficient (Wildman–Crippen LogP) is 4.96. The lowest BCUT2D eigenvalue weighted by Gasteiger charge is -2.22. The summed E-state index contributed by atoms with van der Waals surface area (Å²) >= 11 is 9.31. The van der Waals surface area contributed by atoms with E-state index in [4.69, 9.17) is 11.6 Å². The fourth-order valence-corrected chi connectivity index (χ4v) is 2.75. The summed E-state index contributed by atoms with van der Waals surface area (Å²) in [4.78, 5) is 1.88. The van der Waals surface area contributed by atoms with Crippen molar-refractivity contribution in [2.45, 2.75) is 12.4 Å². The van der Waals surface area contributed by atoms with Gasteiger partial charge in [0.25, 0.3) is 0 Å². The van der Waals surface area contributed by atoms with Gasteiger partial charge in [-0.2, -0.15) is 0 Å². The van der Waals surface area contributed by atoms with Crippen LogP contribution in [-0.2, 0) is 12.4 Å². The van der Waals surface area contributed by atoms with Crippen LogP contribution in [0.5, 0.6) is 0 Å². The summed E-state index contributed by atoms with van der Waals surface area (Å²) in [7, 11) is 1.87. The molecule has 19 heavy (non-hydrogen) atoms. The molecule has 0 atom stereocenters. The molecule has 0 aliphatic heterocycles. The van der Waals surface area contributed by atoms with E-state index in [1.165, 1.54) is 6.07 Å². The SMILES string of the molecule is CN(Cc1cccc(Br)c1)c1c(F)cccc1CCl. The van der Waals surface area contributed by atoms with E-state index in [-0.39, 0.29) is 5.82 Å². The van der Waals surface area contributed by atoms with Gasteiger partial charge in [0, 0.05) is 23.9 Å². The molecule has 2 aromatic carbocycles. The molecule has 0 fully saturated rings. The first-order chi connectivity index (χ1) is 9.11. The Kier molecular flexibility index (Phi) is 4.83. The number of anilines is 1. The number of nitrogens with zero attached hydrogens (tertiary/aromatic N) is 1. The highest BCUT2D eigenvalue weighted by Gasteiger charge is 2.12. The standard InChI is InChI=1S/C15H14BrClFN/c1-19(10-11-4-2-6-13(16)8-11)15-12(9-17)5-3-7-14(15)18/h2-8H,9-10H2,1H3. The molecule has 0 unspecified atom stereocenters. The molecule has 100 valence electrons. The second kappa shape index (κ2) is 6.40. The first kappa shape index (κ1) is 14.4. The Balaban J connectivity index is 2.27. The molecule has 0 amide bonds. The van der Waals surface area contributed by atoms with Crippen molar-refractivity contribution in [3.8, 4) is 0 Å². The summed E-state index contributed by atoms with van der Waals surface area (Å²) < 4.78 is 15.0. The lowest BCUT2D eigenvalue weighted by atomic mass is 10.1. The number of para-hydroxylation sites is 1. The van der Waals surface area contributed by atoms with E-state index < -0.39 is 0 Å². The van der Waals surface area contributed by atoms with Gasteiger partial charge in [0.2, 0.25) is 0 Å². The molecule has 0 heterocycles. The quantitative estimate of drug-likeness (QED) is 0.710. The van der Waals surface area contributed by atoms with Crippen LogP contribution in [0.3, 0.4) is 0 Å². The number of hydrogen-bond acceptors (Lipinski definition) is 1. The zero-order valence-corrected chi connectivity index (χ0v) is 12.9. The number of alkyl halides is 1. The van der Waals surface area contributed by atoms with E-state index in [1.54, 1.807) is 6.07 Å². The Labute approximate surface area is 126 Å². The van der Waals surface area contributed by atoms with E-state index >= 15 is 0 Å². The lowest BCUT2D eigenvalue weighted by molar-refractivity contribution is 0.620. The Morgan fingerprint density at radius 1 is 1.21 bits per heavy atom. The Hall–Kier alpha value is -1.06. The van der Waals surface area contributed by atoms with Gasteiger partial charge < -0.3 is 4.90 Å². The molecule has 0 spiro atoms. The molecular formula is C15H14BrClFN. The fraction of sp³-hybridized carbons (Fsp3) is 0.200. The van der Waals surface area contributed by atoms with Crippen LogP contribution in [0.25, 0.3) is 0 Å². The minimum atomic E-state index is -0.240. The van der Waals surface area contributed by atoms with E-state index in [9.17, 15) is 4.39 Å². The van der Waals surface area contributed by atoms with Crippen molar-refractivity contribution in [2.24, 2.45) is 0 Å². The van der Waals surface area contributed by atoms with Crippen molar-refractivity contribution in [1.82, 2.24) is 0 Å². The molecule has 4 heteroatoms. The predicted molar refractivity (Wildman–Crippen MR) is 82.2 cm³/mol. The van der Waals surface area contributed by atoms with Crippen LogP contribution in [0.2, 0.25) is 0 Å². The molecule has 2 aromatic rings. The summed E-state index contributed by atoms with van der Waals surface area (Å²) in [6.07, 6.45) is 0. The van der Waals surface area contributed by atoms with Gasteiger partial charge in [-0.05, 0) is 29.3 Å².